The molecule has 0 unspecified atom stereocenters. The van der Waals surface area contributed by atoms with Gasteiger partial charge in [0.2, 0.25) is 0 Å². The van der Waals surface area contributed by atoms with Gasteiger partial charge in [0.1, 0.15) is 0 Å². The Kier molecular flexibility index (Phi) is 7.52. The van der Waals surface area contributed by atoms with Crippen LogP contribution in [0.4, 0.5) is 0 Å². The normalized spacial score (nSPS) is 14.8. The van der Waals surface area contributed by atoms with Crippen LogP contribution in [0.15, 0.2) is 49.1 Å². The maximum Gasteiger partial charge on any atom is 0.254 e. The van der Waals surface area contributed by atoms with E-state index in [0.29, 0.717) is 23.5 Å². The molecule has 5 heteroatoms. The van der Waals surface area contributed by atoms with Crippen LogP contribution >= 0.6 is 0 Å². The Labute approximate surface area is 179 Å². The lowest BCUT2D eigenvalue weighted by Crippen LogP contribution is -2.35. The largest absolute Gasteiger partial charge is 0.493 e. The Bertz CT molecular complexity index is 877. The highest BCUT2D eigenvalue weighted by molar-refractivity contribution is 5.95. The van der Waals surface area contributed by atoms with Crippen LogP contribution in [0.3, 0.4) is 0 Å². The molecule has 5 nitrogen and oxygen atoms in total. The second-order valence-electron chi connectivity index (χ2n) is 7.77. The minimum Gasteiger partial charge on any atom is -0.493 e. The molecule has 1 fully saturated rings. The lowest BCUT2D eigenvalue weighted by molar-refractivity contribution is 0.0760. The second kappa shape index (κ2) is 10.3. The summed E-state index contributed by atoms with van der Waals surface area (Å²) in [7, 11) is 3.21. The highest BCUT2D eigenvalue weighted by atomic mass is 16.5. The van der Waals surface area contributed by atoms with Gasteiger partial charge in [0.05, 0.1) is 14.2 Å². The van der Waals surface area contributed by atoms with Crippen molar-refractivity contribution in [2.24, 2.45) is 0 Å². The number of carbonyl (C=O) groups excluding carboxylic acids is 1. The van der Waals surface area contributed by atoms with Crippen LogP contribution in [0.5, 0.6) is 11.5 Å². The molecule has 2 aromatic rings. The van der Waals surface area contributed by atoms with Gasteiger partial charge in [0.25, 0.3) is 5.91 Å². The zero-order chi connectivity index (χ0) is 21.5. The fraction of sp³-hybridized carbons (Fsp3) is 0.400. The fourth-order valence-electron chi connectivity index (χ4n) is 3.94. The summed E-state index contributed by atoms with van der Waals surface area (Å²) < 4.78 is 11.0. The molecule has 0 atom stereocenters. The standard InChI is InChI=1S/C25H32N2O3/c1-5-7-21-16-22(17-23(29-3)24(21)30-4)25(28)27-13-6-12-26(14-15-27)18-20-10-8-19(2)9-11-20/h5,8-11,16-17H,1,6-7,12-15,18H2,2-4H3. The lowest BCUT2D eigenvalue weighted by Gasteiger charge is -2.23. The third-order valence-electron chi connectivity index (χ3n) is 5.57. The molecule has 1 amide bonds. The van der Waals surface area contributed by atoms with Crippen molar-refractivity contribution >= 4 is 5.91 Å². The number of benzene rings is 2. The highest BCUT2D eigenvalue weighted by Gasteiger charge is 2.23. The zero-order valence-electron chi connectivity index (χ0n) is 18.3. The highest BCUT2D eigenvalue weighted by Crippen LogP contribution is 2.33. The van der Waals surface area contributed by atoms with Gasteiger partial charge in [-0.2, -0.15) is 0 Å². The summed E-state index contributed by atoms with van der Waals surface area (Å²) >= 11 is 0. The van der Waals surface area contributed by atoms with Crippen molar-refractivity contribution in [2.75, 3.05) is 40.4 Å². The Hall–Kier alpha value is -2.79. The van der Waals surface area contributed by atoms with Crippen molar-refractivity contribution in [3.8, 4) is 11.5 Å². The summed E-state index contributed by atoms with van der Waals surface area (Å²) in [5.41, 5.74) is 4.13. The molecule has 0 aliphatic carbocycles. The Balaban J connectivity index is 1.71. The third kappa shape index (κ3) is 5.22. The molecule has 1 saturated heterocycles. The minimum absolute atomic E-state index is 0.0402. The summed E-state index contributed by atoms with van der Waals surface area (Å²) in [5, 5.41) is 0. The van der Waals surface area contributed by atoms with Crippen LogP contribution < -0.4 is 9.47 Å². The van der Waals surface area contributed by atoms with Crippen molar-refractivity contribution in [1.29, 1.82) is 0 Å². The number of hydrogen-bond donors (Lipinski definition) is 0. The van der Waals surface area contributed by atoms with Gasteiger partial charge in [-0.05, 0) is 37.5 Å². The van der Waals surface area contributed by atoms with Crippen LogP contribution in [-0.2, 0) is 13.0 Å². The number of allylic oxidation sites excluding steroid dienone is 1. The first-order chi connectivity index (χ1) is 14.5. The smallest absolute Gasteiger partial charge is 0.254 e. The molecular weight excluding hydrogens is 376 g/mol. The minimum atomic E-state index is 0.0402. The first-order valence-corrected chi connectivity index (χ1v) is 10.5. The predicted molar refractivity (Wildman–Crippen MR) is 120 cm³/mol. The number of amides is 1. The maximum absolute atomic E-state index is 13.3. The molecule has 3 rings (SSSR count). The SMILES string of the molecule is C=CCc1cc(C(=O)N2CCCN(Cc3ccc(C)cc3)CC2)cc(OC)c1OC. The summed E-state index contributed by atoms with van der Waals surface area (Å²) in [6.45, 7) is 10.2. The topological polar surface area (TPSA) is 42.0 Å². The summed E-state index contributed by atoms with van der Waals surface area (Å²) in [4.78, 5) is 17.6. The Morgan fingerprint density at radius 1 is 1.07 bits per heavy atom. The molecule has 0 aromatic heterocycles. The number of aryl methyl sites for hydroxylation is 1. The third-order valence-corrected chi connectivity index (χ3v) is 5.57. The van der Waals surface area contributed by atoms with Gasteiger partial charge < -0.3 is 14.4 Å². The van der Waals surface area contributed by atoms with E-state index in [1.54, 1.807) is 26.4 Å². The van der Waals surface area contributed by atoms with Crippen molar-refractivity contribution in [3.05, 3.63) is 71.3 Å². The molecule has 0 N–H and O–H groups in total. The van der Waals surface area contributed by atoms with Gasteiger partial charge >= 0.3 is 0 Å². The molecule has 0 bridgehead atoms. The van der Waals surface area contributed by atoms with E-state index in [4.69, 9.17) is 9.47 Å². The van der Waals surface area contributed by atoms with Gasteiger partial charge in [-0.15, -0.1) is 6.58 Å². The average Bonchev–Trinajstić information content (AvgIpc) is 3.00. The lowest BCUT2D eigenvalue weighted by atomic mass is 10.0. The van der Waals surface area contributed by atoms with Gasteiger partial charge in [-0.3, -0.25) is 9.69 Å². The molecule has 2 aromatic carbocycles. The van der Waals surface area contributed by atoms with Gasteiger partial charge in [0, 0.05) is 43.9 Å². The van der Waals surface area contributed by atoms with Gasteiger partial charge in [0.15, 0.2) is 11.5 Å². The average molecular weight is 409 g/mol. The van der Waals surface area contributed by atoms with E-state index in [9.17, 15) is 4.79 Å². The monoisotopic (exact) mass is 408 g/mol. The van der Waals surface area contributed by atoms with E-state index in [-0.39, 0.29) is 5.91 Å². The number of ether oxygens (including phenoxy) is 2. The fourth-order valence-corrected chi connectivity index (χ4v) is 3.94. The van der Waals surface area contributed by atoms with Gasteiger partial charge in [-0.1, -0.05) is 35.9 Å². The molecule has 0 radical (unpaired) electrons. The predicted octanol–water partition coefficient (Wildman–Crippen LogP) is 4.09. The summed E-state index contributed by atoms with van der Waals surface area (Å²) in [6, 6.07) is 12.4. The zero-order valence-corrected chi connectivity index (χ0v) is 18.3. The van der Waals surface area contributed by atoms with Crippen LogP contribution in [0, 0.1) is 6.92 Å². The van der Waals surface area contributed by atoms with Crippen LogP contribution in [-0.4, -0.2) is 56.1 Å². The number of hydrogen-bond acceptors (Lipinski definition) is 4. The van der Waals surface area contributed by atoms with E-state index in [1.165, 1.54) is 11.1 Å². The summed E-state index contributed by atoms with van der Waals surface area (Å²) in [6.07, 6.45) is 3.38. The molecule has 30 heavy (non-hydrogen) atoms. The second-order valence-corrected chi connectivity index (χ2v) is 7.77. The Morgan fingerprint density at radius 2 is 1.83 bits per heavy atom. The molecule has 1 aliphatic rings. The number of carbonyl (C=O) groups is 1. The Morgan fingerprint density at radius 3 is 2.50 bits per heavy atom. The molecule has 1 heterocycles. The quantitative estimate of drug-likeness (QED) is 0.647. The van der Waals surface area contributed by atoms with Crippen molar-refractivity contribution < 1.29 is 14.3 Å². The first-order valence-electron chi connectivity index (χ1n) is 10.5. The van der Waals surface area contributed by atoms with Crippen LogP contribution in [0.25, 0.3) is 0 Å². The van der Waals surface area contributed by atoms with Crippen molar-refractivity contribution in [3.63, 3.8) is 0 Å². The van der Waals surface area contributed by atoms with Crippen molar-refractivity contribution in [2.45, 2.75) is 26.3 Å². The molecule has 1 aliphatic heterocycles. The molecule has 0 spiro atoms. The van der Waals surface area contributed by atoms with E-state index >= 15 is 0 Å². The van der Waals surface area contributed by atoms with E-state index in [1.807, 2.05) is 11.0 Å². The number of methoxy groups -OCH3 is 2. The molecular formula is C25H32N2O3. The first kappa shape index (κ1) is 21.9. The van der Waals surface area contributed by atoms with E-state index in [2.05, 4.69) is 42.7 Å². The summed E-state index contributed by atoms with van der Waals surface area (Å²) in [5.74, 6) is 1.28. The van der Waals surface area contributed by atoms with E-state index < -0.39 is 0 Å². The van der Waals surface area contributed by atoms with Crippen molar-refractivity contribution in [1.82, 2.24) is 9.80 Å². The molecule has 160 valence electrons. The maximum atomic E-state index is 13.3. The van der Waals surface area contributed by atoms with Gasteiger partial charge in [-0.25, -0.2) is 0 Å². The van der Waals surface area contributed by atoms with Crippen LogP contribution in [0.1, 0.15) is 33.5 Å². The number of rotatable bonds is 7. The van der Waals surface area contributed by atoms with E-state index in [0.717, 1.165) is 44.7 Å². The molecule has 0 saturated carbocycles. The van der Waals surface area contributed by atoms with Crippen LogP contribution in [0.2, 0.25) is 0 Å². The number of nitrogens with zero attached hydrogens (tertiary/aromatic N) is 2.